The fourth-order valence-electron chi connectivity index (χ4n) is 1.60. The standard InChI is InChI=1S/C11H14BrNO3/c1-2-3-4-5-8-6-9(14)7-10(12)11(8)13(15)16/h6-7,14H,2-5H2,1H3. The van der Waals surface area contributed by atoms with Gasteiger partial charge >= 0.3 is 0 Å². The van der Waals surface area contributed by atoms with Gasteiger partial charge in [-0.15, -0.1) is 0 Å². The van der Waals surface area contributed by atoms with Crippen LogP contribution in [0.15, 0.2) is 16.6 Å². The van der Waals surface area contributed by atoms with Crippen LogP contribution < -0.4 is 0 Å². The predicted octanol–water partition coefficient (Wildman–Crippen LogP) is 3.80. The molecule has 0 aliphatic rings. The molecule has 0 fully saturated rings. The number of unbranched alkanes of at least 4 members (excludes halogenated alkanes) is 2. The van der Waals surface area contributed by atoms with Crippen molar-refractivity contribution in [3.8, 4) is 5.75 Å². The van der Waals surface area contributed by atoms with Crippen LogP contribution in [0.25, 0.3) is 0 Å². The van der Waals surface area contributed by atoms with Gasteiger partial charge in [0.1, 0.15) is 5.75 Å². The van der Waals surface area contributed by atoms with E-state index in [-0.39, 0.29) is 11.4 Å². The molecule has 1 aromatic rings. The molecule has 0 unspecified atom stereocenters. The SMILES string of the molecule is CCCCCc1cc(O)cc(Br)c1[N+](=O)[O-]. The van der Waals surface area contributed by atoms with Crippen LogP contribution in [0, 0.1) is 10.1 Å². The number of benzene rings is 1. The molecular formula is C11H14BrNO3. The summed E-state index contributed by atoms with van der Waals surface area (Å²) in [5, 5.41) is 20.3. The number of aromatic hydroxyl groups is 1. The molecular weight excluding hydrogens is 274 g/mol. The number of phenolic OH excluding ortho intramolecular Hbond substituents is 1. The zero-order valence-electron chi connectivity index (χ0n) is 9.07. The average molecular weight is 288 g/mol. The predicted molar refractivity (Wildman–Crippen MR) is 65.7 cm³/mol. The number of rotatable bonds is 5. The lowest BCUT2D eigenvalue weighted by molar-refractivity contribution is -0.386. The molecule has 5 heteroatoms. The summed E-state index contributed by atoms with van der Waals surface area (Å²) in [7, 11) is 0. The first-order valence-electron chi connectivity index (χ1n) is 5.22. The second-order valence-electron chi connectivity index (χ2n) is 3.65. The van der Waals surface area contributed by atoms with Gasteiger partial charge in [-0.3, -0.25) is 10.1 Å². The lowest BCUT2D eigenvalue weighted by Crippen LogP contribution is -1.97. The molecule has 0 aliphatic heterocycles. The van der Waals surface area contributed by atoms with Gasteiger partial charge < -0.3 is 5.11 Å². The monoisotopic (exact) mass is 287 g/mol. The maximum Gasteiger partial charge on any atom is 0.286 e. The van der Waals surface area contributed by atoms with E-state index in [4.69, 9.17) is 0 Å². The fourth-order valence-corrected chi connectivity index (χ4v) is 2.23. The number of hydrogen-bond acceptors (Lipinski definition) is 3. The Balaban J connectivity index is 2.99. The van der Waals surface area contributed by atoms with Crippen LogP contribution in [0.5, 0.6) is 5.75 Å². The smallest absolute Gasteiger partial charge is 0.286 e. The minimum absolute atomic E-state index is 0.0592. The molecule has 1 rings (SSSR count). The van der Waals surface area contributed by atoms with Crippen LogP contribution >= 0.6 is 15.9 Å². The van der Waals surface area contributed by atoms with Gasteiger partial charge in [0.2, 0.25) is 0 Å². The summed E-state index contributed by atoms with van der Waals surface area (Å²) in [6.45, 7) is 2.08. The molecule has 0 aromatic heterocycles. The number of hydrogen-bond donors (Lipinski definition) is 1. The van der Waals surface area contributed by atoms with Gasteiger partial charge in [0.15, 0.2) is 0 Å². The van der Waals surface area contributed by atoms with Crippen LogP contribution in [0.3, 0.4) is 0 Å². The van der Waals surface area contributed by atoms with Crippen LogP contribution in [0.4, 0.5) is 5.69 Å². The maximum atomic E-state index is 10.9. The summed E-state index contributed by atoms with van der Waals surface area (Å²) in [5.41, 5.74) is 0.652. The minimum atomic E-state index is -0.412. The van der Waals surface area contributed by atoms with Crippen LogP contribution in [0.2, 0.25) is 0 Å². The zero-order chi connectivity index (χ0) is 12.1. The Morgan fingerprint density at radius 1 is 1.44 bits per heavy atom. The highest BCUT2D eigenvalue weighted by atomic mass is 79.9. The van der Waals surface area contributed by atoms with E-state index >= 15 is 0 Å². The number of halogens is 1. The molecule has 0 radical (unpaired) electrons. The highest BCUT2D eigenvalue weighted by Gasteiger charge is 2.19. The summed E-state index contributed by atoms with van der Waals surface area (Å²) >= 11 is 3.11. The van der Waals surface area contributed by atoms with Crippen molar-refractivity contribution < 1.29 is 10.0 Å². The molecule has 4 nitrogen and oxygen atoms in total. The summed E-state index contributed by atoms with van der Waals surface area (Å²) in [6.07, 6.45) is 3.61. The van der Waals surface area contributed by atoms with Crippen molar-refractivity contribution in [2.24, 2.45) is 0 Å². The third-order valence-electron chi connectivity index (χ3n) is 2.36. The summed E-state index contributed by atoms with van der Waals surface area (Å²) in [5.74, 6) is 0.0592. The molecule has 1 N–H and O–H groups in total. The van der Waals surface area contributed by atoms with Crippen LogP contribution in [-0.2, 0) is 6.42 Å². The van der Waals surface area contributed by atoms with Crippen molar-refractivity contribution >= 4 is 21.6 Å². The van der Waals surface area contributed by atoms with E-state index in [9.17, 15) is 15.2 Å². The topological polar surface area (TPSA) is 63.4 Å². The van der Waals surface area contributed by atoms with Crippen molar-refractivity contribution in [1.82, 2.24) is 0 Å². The van der Waals surface area contributed by atoms with Gasteiger partial charge in [-0.25, -0.2) is 0 Å². The molecule has 0 amide bonds. The van der Waals surface area contributed by atoms with Gasteiger partial charge in [-0.2, -0.15) is 0 Å². The molecule has 88 valence electrons. The normalized spacial score (nSPS) is 10.4. The van der Waals surface area contributed by atoms with Crippen LogP contribution in [0.1, 0.15) is 31.7 Å². The molecule has 0 atom stereocenters. The number of nitrogens with zero attached hydrogens (tertiary/aromatic N) is 1. The maximum absolute atomic E-state index is 10.9. The van der Waals surface area contributed by atoms with Gasteiger partial charge in [0, 0.05) is 11.6 Å². The number of nitro benzene ring substituents is 1. The van der Waals surface area contributed by atoms with E-state index in [1.165, 1.54) is 12.1 Å². The summed E-state index contributed by atoms with van der Waals surface area (Å²) in [6, 6.07) is 2.82. The molecule has 0 bridgehead atoms. The van der Waals surface area contributed by atoms with Gasteiger partial charge in [0.25, 0.3) is 5.69 Å². The first-order chi connectivity index (χ1) is 7.56. The van der Waals surface area contributed by atoms with Crippen molar-refractivity contribution in [3.63, 3.8) is 0 Å². The van der Waals surface area contributed by atoms with Gasteiger partial charge in [0.05, 0.1) is 9.40 Å². The number of nitro groups is 1. The van der Waals surface area contributed by atoms with Gasteiger partial charge in [-0.05, 0) is 34.8 Å². The molecule has 0 heterocycles. The quantitative estimate of drug-likeness (QED) is 0.509. The minimum Gasteiger partial charge on any atom is -0.508 e. The third kappa shape index (κ3) is 3.20. The molecule has 0 saturated heterocycles. The van der Waals surface area contributed by atoms with E-state index in [0.29, 0.717) is 16.5 Å². The fraction of sp³-hybridized carbons (Fsp3) is 0.455. The average Bonchev–Trinajstić information content (AvgIpc) is 2.16. The van der Waals surface area contributed by atoms with E-state index in [2.05, 4.69) is 22.9 Å². The van der Waals surface area contributed by atoms with Crippen molar-refractivity contribution in [1.29, 1.82) is 0 Å². The Morgan fingerprint density at radius 3 is 2.69 bits per heavy atom. The molecule has 1 aromatic carbocycles. The lowest BCUT2D eigenvalue weighted by Gasteiger charge is -2.05. The largest absolute Gasteiger partial charge is 0.508 e. The van der Waals surface area contributed by atoms with E-state index in [1.54, 1.807) is 0 Å². The van der Waals surface area contributed by atoms with Gasteiger partial charge in [-0.1, -0.05) is 19.8 Å². The second kappa shape index (κ2) is 5.84. The molecule has 16 heavy (non-hydrogen) atoms. The van der Waals surface area contributed by atoms with Crippen molar-refractivity contribution in [2.75, 3.05) is 0 Å². The van der Waals surface area contributed by atoms with Crippen LogP contribution in [-0.4, -0.2) is 10.0 Å². The Kier molecular flexibility index (Phi) is 4.73. The summed E-state index contributed by atoms with van der Waals surface area (Å²) < 4.78 is 0.337. The first-order valence-corrected chi connectivity index (χ1v) is 6.01. The van der Waals surface area contributed by atoms with Crippen molar-refractivity contribution in [3.05, 3.63) is 32.3 Å². The number of aryl methyl sites for hydroxylation is 1. The van der Waals surface area contributed by atoms with E-state index < -0.39 is 4.92 Å². The Hall–Kier alpha value is -1.10. The molecule has 0 saturated carbocycles. The molecule has 0 aliphatic carbocycles. The molecule has 0 spiro atoms. The highest BCUT2D eigenvalue weighted by Crippen LogP contribution is 2.33. The van der Waals surface area contributed by atoms with Crippen molar-refractivity contribution in [2.45, 2.75) is 32.6 Å². The van der Waals surface area contributed by atoms with E-state index in [1.807, 2.05) is 0 Å². The Bertz CT molecular complexity index is 393. The first kappa shape index (κ1) is 13.0. The highest BCUT2D eigenvalue weighted by molar-refractivity contribution is 9.10. The lowest BCUT2D eigenvalue weighted by atomic mass is 10.1. The van der Waals surface area contributed by atoms with E-state index in [0.717, 1.165) is 19.3 Å². The number of phenols is 1. The Morgan fingerprint density at radius 2 is 2.12 bits per heavy atom. The Labute approximate surface area is 103 Å². The third-order valence-corrected chi connectivity index (χ3v) is 2.96. The summed E-state index contributed by atoms with van der Waals surface area (Å²) in [4.78, 5) is 10.5. The second-order valence-corrected chi connectivity index (χ2v) is 4.50. The zero-order valence-corrected chi connectivity index (χ0v) is 10.7.